The van der Waals surface area contributed by atoms with Gasteiger partial charge in [-0.2, -0.15) is 13.2 Å². The molecule has 2 heterocycles. The topological polar surface area (TPSA) is 86.2 Å². The largest absolute Gasteiger partial charge is 0.507 e. The number of phenols is 1. The van der Waals surface area contributed by atoms with Crippen LogP contribution in [-0.4, -0.2) is 26.2 Å². The summed E-state index contributed by atoms with van der Waals surface area (Å²) in [6.45, 7) is 0. The molecule has 0 saturated carbocycles. The number of phenolic OH excluding ortho intramolecular Hbond substituents is 1. The van der Waals surface area contributed by atoms with E-state index in [9.17, 15) is 28.2 Å². The van der Waals surface area contributed by atoms with Gasteiger partial charge in [-0.1, -0.05) is 18.2 Å². The third kappa shape index (κ3) is 3.36. The fourth-order valence-electron chi connectivity index (χ4n) is 3.61. The Labute approximate surface area is 182 Å². The monoisotopic (exact) mass is 454 g/mol. The smallest absolute Gasteiger partial charge is 0.416 e. The molecule has 5 aromatic rings. The molecular formula is C23H13F3N2O3S. The number of H-pyrrole nitrogens is 1. The van der Waals surface area contributed by atoms with Crippen LogP contribution in [0.2, 0.25) is 0 Å². The maximum atomic E-state index is 12.8. The Morgan fingerprint density at radius 2 is 1.75 bits per heavy atom. The number of fused-ring (bicyclic) bond motifs is 3. The van der Waals surface area contributed by atoms with Crippen LogP contribution in [0, 0.1) is 0 Å². The molecule has 0 atom stereocenters. The molecule has 3 aromatic carbocycles. The highest BCUT2D eigenvalue weighted by atomic mass is 32.1. The van der Waals surface area contributed by atoms with Crippen molar-refractivity contribution in [1.29, 1.82) is 0 Å². The quantitative estimate of drug-likeness (QED) is 0.289. The summed E-state index contributed by atoms with van der Waals surface area (Å²) >= 11 is 1.38. The summed E-state index contributed by atoms with van der Waals surface area (Å²) in [7, 11) is 0. The molecule has 0 saturated heterocycles. The van der Waals surface area contributed by atoms with Crippen molar-refractivity contribution in [2.75, 3.05) is 0 Å². The molecule has 5 nitrogen and oxygen atoms in total. The van der Waals surface area contributed by atoms with Gasteiger partial charge in [-0.25, -0.2) is 9.78 Å². The standard InChI is InChI=1S/C23H13F3N2O3S/c24-23(25,26)15-4-1-11(2-5-15)14-9-18(32-10-14)21-27-16-6-3-12-7-13(22(30)31)8-17(29)19(12)20(16)28-21/h1-10,29H,(H,27,28)(H,30,31). The number of thiophene rings is 1. The highest BCUT2D eigenvalue weighted by molar-refractivity contribution is 7.13. The highest BCUT2D eigenvalue weighted by Gasteiger charge is 2.30. The van der Waals surface area contributed by atoms with Crippen LogP contribution < -0.4 is 0 Å². The summed E-state index contributed by atoms with van der Waals surface area (Å²) in [5.41, 5.74) is 1.85. The Hall–Kier alpha value is -3.85. The second kappa shape index (κ2) is 7.10. The Kier molecular flexibility index (Phi) is 4.45. The second-order valence-corrected chi connectivity index (χ2v) is 8.13. The van der Waals surface area contributed by atoms with Gasteiger partial charge < -0.3 is 15.2 Å². The normalized spacial score (nSPS) is 12.0. The number of imidazole rings is 1. The van der Waals surface area contributed by atoms with Gasteiger partial charge in [-0.3, -0.25) is 0 Å². The molecule has 0 aliphatic heterocycles. The van der Waals surface area contributed by atoms with E-state index in [1.807, 2.05) is 11.4 Å². The van der Waals surface area contributed by atoms with E-state index in [0.29, 0.717) is 33.2 Å². The van der Waals surface area contributed by atoms with E-state index in [-0.39, 0.29) is 11.3 Å². The molecule has 5 rings (SSSR count). The van der Waals surface area contributed by atoms with E-state index in [1.54, 1.807) is 12.1 Å². The Balaban J connectivity index is 1.55. The zero-order chi connectivity index (χ0) is 22.6. The van der Waals surface area contributed by atoms with Crippen LogP contribution >= 0.6 is 11.3 Å². The van der Waals surface area contributed by atoms with Crippen molar-refractivity contribution in [2.24, 2.45) is 0 Å². The predicted octanol–water partition coefficient (Wildman–Crippen LogP) is 6.53. The number of alkyl halides is 3. The number of halogens is 3. The Morgan fingerprint density at radius 3 is 2.44 bits per heavy atom. The number of aromatic amines is 1. The molecule has 160 valence electrons. The van der Waals surface area contributed by atoms with Crippen LogP contribution in [0.25, 0.3) is 43.6 Å². The Morgan fingerprint density at radius 1 is 1.00 bits per heavy atom. The van der Waals surface area contributed by atoms with Gasteiger partial charge in [0.15, 0.2) is 0 Å². The van der Waals surface area contributed by atoms with Gasteiger partial charge in [-0.15, -0.1) is 11.3 Å². The lowest BCUT2D eigenvalue weighted by molar-refractivity contribution is -0.137. The summed E-state index contributed by atoms with van der Waals surface area (Å²) in [6, 6.07) is 12.9. The minimum Gasteiger partial charge on any atom is -0.507 e. The lowest BCUT2D eigenvalue weighted by atomic mass is 10.0. The van der Waals surface area contributed by atoms with Crippen LogP contribution in [0.1, 0.15) is 15.9 Å². The predicted molar refractivity (Wildman–Crippen MR) is 116 cm³/mol. The average molecular weight is 454 g/mol. The molecule has 3 N–H and O–H groups in total. The number of aromatic hydroxyl groups is 1. The van der Waals surface area contributed by atoms with Gasteiger partial charge in [-0.05, 0) is 58.3 Å². The third-order valence-corrected chi connectivity index (χ3v) is 6.11. The molecule has 32 heavy (non-hydrogen) atoms. The number of hydrogen-bond acceptors (Lipinski definition) is 4. The van der Waals surface area contributed by atoms with E-state index in [4.69, 9.17) is 0 Å². The van der Waals surface area contributed by atoms with Gasteiger partial charge in [0.05, 0.1) is 26.9 Å². The first-order chi connectivity index (χ1) is 15.2. The van der Waals surface area contributed by atoms with Crippen LogP contribution in [-0.2, 0) is 6.18 Å². The summed E-state index contributed by atoms with van der Waals surface area (Å²) in [5, 5.41) is 22.4. The maximum Gasteiger partial charge on any atom is 0.416 e. The number of nitrogens with zero attached hydrogens (tertiary/aromatic N) is 1. The Bertz CT molecular complexity index is 1500. The molecule has 0 radical (unpaired) electrons. The fraction of sp³-hybridized carbons (Fsp3) is 0.0435. The molecule has 0 aliphatic rings. The molecule has 0 bridgehead atoms. The molecule has 9 heteroatoms. The first-order valence-electron chi connectivity index (χ1n) is 9.36. The van der Waals surface area contributed by atoms with Gasteiger partial charge in [0.2, 0.25) is 0 Å². The number of hydrogen-bond donors (Lipinski definition) is 3. The van der Waals surface area contributed by atoms with Gasteiger partial charge >= 0.3 is 12.1 Å². The highest BCUT2D eigenvalue weighted by Crippen LogP contribution is 2.37. The second-order valence-electron chi connectivity index (χ2n) is 7.22. The third-order valence-electron chi connectivity index (χ3n) is 5.17. The molecular weight excluding hydrogens is 441 g/mol. The van der Waals surface area contributed by atoms with Gasteiger partial charge in [0, 0.05) is 0 Å². The number of carboxylic acid groups (broad SMARTS) is 1. The summed E-state index contributed by atoms with van der Waals surface area (Å²) in [5.74, 6) is -0.781. The van der Waals surface area contributed by atoms with E-state index in [1.165, 1.54) is 35.6 Å². The zero-order valence-electron chi connectivity index (χ0n) is 16.1. The first kappa shape index (κ1) is 20.1. The number of aromatic carboxylic acids is 1. The van der Waals surface area contributed by atoms with Gasteiger partial charge in [0.25, 0.3) is 0 Å². The number of nitrogens with one attached hydrogen (secondary N) is 1. The van der Waals surface area contributed by atoms with E-state index >= 15 is 0 Å². The van der Waals surface area contributed by atoms with Crippen LogP contribution in [0.3, 0.4) is 0 Å². The van der Waals surface area contributed by atoms with Crippen LogP contribution in [0.15, 0.2) is 60.0 Å². The average Bonchev–Trinajstić information content (AvgIpc) is 3.40. The van der Waals surface area contributed by atoms with Crippen molar-refractivity contribution >= 4 is 39.1 Å². The van der Waals surface area contributed by atoms with Crippen LogP contribution in [0.4, 0.5) is 13.2 Å². The first-order valence-corrected chi connectivity index (χ1v) is 10.2. The van der Waals surface area contributed by atoms with E-state index in [0.717, 1.165) is 22.6 Å². The van der Waals surface area contributed by atoms with Crippen LogP contribution in [0.5, 0.6) is 5.75 Å². The molecule has 0 unspecified atom stereocenters. The van der Waals surface area contributed by atoms with E-state index in [2.05, 4.69) is 9.97 Å². The summed E-state index contributed by atoms with van der Waals surface area (Å²) < 4.78 is 38.4. The lowest BCUT2D eigenvalue weighted by Gasteiger charge is -2.06. The van der Waals surface area contributed by atoms with E-state index < -0.39 is 17.7 Å². The van der Waals surface area contributed by atoms with Crippen molar-refractivity contribution in [3.05, 3.63) is 71.1 Å². The van der Waals surface area contributed by atoms with Crippen molar-refractivity contribution in [3.8, 4) is 27.6 Å². The number of rotatable bonds is 3. The fourth-order valence-corrected chi connectivity index (χ4v) is 4.47. The van der Waals surface area contributed by atoms with Crippen molar-refractivity contribution in [1.82, 2.24) is 9.97 Å². The number of carboxylic acids is 1. The minimum atomic E-state index is -4.38. The minimum absolute atomic E-state index is 0.0236. The SMILES string of the molecule is O=C(O)c1cc(O)c2c(ccc3[nH]c(-c4cc(-c5ccc(C(F)(F)F)cc5)cs4)nc32)c1. The van der Waals surface area contributed by atoms with Crippen molar-refractivity contribution in [3.63, 3.8) is 0 Å². The summed E-state index contributed by atoms with van der Waals surface area (Å²) in [6.07, 6.45) is -4.38. The maximum absolute atomic E-state index is 12.8. The number of aromatic nitrogens is 2. The number of benzene rings is 3. The summed E-state index contributed by atoms with van der Waals surface area (Å²) in [4.78, 5) is 19.8. The molecule has 0 aliphatic carbocycles. The van der Waals surface area contributed by atoms with Crippen molar-refractivity contribution < 1.29 is 28.2 Å². The van der Waals surface area contributed by atoms with Crippen molar-refractivity contribution in [2.45, 2.75) is 6.18 Å². The van der Waals surface area contributed by atoms with Gasteiger partial charge in [0.1, 0.15) is 17.1 Å². The molecule has 0 amide bonds. The number of carbonyl (C=O) groups is 1. The molecule has 2 aromatic heterocycles. The molecule has 0 spiro atoms. The molecule has 0 fully saturated rings. The lowest BCUT2D eigenvalue weighted by Crippen LogP contribution is -2.03. The zero-order valence-corrected chi connectivity index (χ0v) is 16.9.